The Balaban J connectivity index is 1.82. The molecule has 1 heterocycles. The first-order valence-electron chi connectivity index (χ1n) is 7.06. The molecule has 0 atom stereocenters. The number of nitrogens with zero attached hydrogens (tertiary/aromatic N) is 1. The van der Waals surface area contributed by atoms with Crippen molar-refractivity contribution in [3.63, 3.8) is 0 Å². The van der Waals surface area contributed by atoms with E-state index in [1.54, 1.807) is 12.1 Å². The second-order valence-corrected chi connectivity index (χ2v) is 7.08. The first-order chi connectivity index (χ1) is 10.9. The van der Waals surface area contributed by atoms with E-state index in [0.717, 1.165) is 5.56 Å². The maximum Gasteiger partial charge on any atom is 0.335 e. The van der Waals surface area contributed by atoms with E-state index in [2.05, 4.69) is 4.72 Å². The van der Waals surface area contributed by atoms with Crippen LogP contribution in [0.25, 0.3) is 0 Å². The molecule has 5 nitrogen and oxygen atoms in total. The topological polar surface area (TPSA) is 66.5 Å². The number of urea groups is 1. The van der Waals surface area contributed by atoms with Crippen LogP contribution < -0.4 is 9.62 Å². The van der Waals surface area contributed by atoms with Gasteiger partial charge < -0.3 is 0 Å². The molecular formula is C16H15FN2O3S. The highest BCUT2D eigenvalue weighted by molar-refractivity contribution is 7.90. The van der Waals surface area contributed by atoms with Crippen LogP contribution >= 0.6 is 0 Å². The lowest BCUT2D eigenvalue weighted by Gasteiger charge is -2.18. The number of benzene rings is 2. The fourth-order valence-electron chi connectivity index (χ4n) is 2.53. The van der Waals surface area contributed by atoms with Crippen molar-refractivity contribution in [3.8, 4) is 0 Å². The lowest BCUT2D eigenvalue weighted by molar-refractivity contribution is 0.251. The quantitative estimate of drug-likeness (QED) is 0.918. The largest absolute Gasteiger partial charge is 0.335 e. The van der Waals surface area contributed by atoms with Crippen LogP contribution in [0.5, 0.6) is 0 Å². The number of fused-ring (bicyclic) bond motifs is 1. The Morgan fingerprint density at radius 1 is 1.17 bits per heavy atom. The summed E-state index contributed by atoms with van der Waals surface area (Å²) in [5.41, 5.74) is 2.14. The summed E-state index contributed by atoms with van der Waals surface area (Å²) in [6.07, 6.45) is 0.491. The highest BCUT2D eigenvalue weighted by Crippen LogP contribution is 2.28. The van der Waals surface area contributed by atoms with Crippen LogP contribution in [0, 0.1) is 12.7 Å². The summed E-state index contributed by atoms with van der Waals surface area (Å²) in [4.78, 5) is 13.6. The molecule has 23 heavy (non-hydrogen) atoms. The van der Waals surface area contributed by atoms with Gasteiger partial charge in [-0.1, -0.05) is 17.7 Å². The van der Waals surface area contributed by atoms with Gasteiger partial charge in [-0.25, -0.2) is 22.3 Å². The first kappa shape index (κ1) is 15.5. The van der Waals surface area contributed by atoms with E-state index in [4.69, 9.17) is 0 Å². The fourth-order valence-corrected chi connectivity index (χ4v) is 3.48. The van der Waals surface area contributed by atoms with Crippen molar-refractivity contribution in [2.24, 2.45) is 0 Å². The van der Waals surface area contributed by atoms with Gasteiger partial charge in [-0.3, -0.25) is 4.90 Å². The molecule has 0 unspecified atom stereocenters. The summed E-state index contributed by atoms with van der Waals surface area (Å²) in [6.45, 7) is 2.16. The number of carbonyl (C=O) groups is 1. The number of sulfonamides is 1. The predicted molar refractivity (Wildman–Crippen MR) is 84.3 cm³/mol. The molecule has 0 radical (unpaired) electrons. The Hall–Kier alpha value is -2.41. The highest BCUT2D eigenvalue weighted by Gasteiger charge is 2.28. The number of hydrogen-bond donors (Lipinski definition) is 1. The van der Waals surface area contributed by atoms with Gasteiger partial charge in [0.15, 0.2) is 0 Å². The molecule has 0 fully saturated rings. The summed E-state index contributed by atoms with van der Waals surface area (Å²) in [7, 11) is -3.94. The van der Waals surface area contributed by atoms with E-state index in [9.17, 15) is 17.6 Å². The first-order valence-corrected chi connectivity index (χ1v) is 8.54. The van der Waals surface area contributed by atoms with Crippen molar-refractivity contribution < 1.29 is 17.6 Å². The zero-order valence-electron chi connectivity index (χ0n) is 12.4. The van der Waals surface area contributed by atoms with Gasteiger partial charge in [0.05, 0.1) is 4.90 Å². The highest BCUT2D eigenvalue weighted by atomic mass is 32.2. The van der Waals surface area contributed by atoms with Crippen LogP contribution in [0.2, 0.25) is 0 Å². The van der Waals surface area contributed by atoms with Gasteiger partial charge in [0.2, 0.25) is 0 Å². The van der Waals surface area contributed by atoms with Gasteiger partial charge in [0.25, 0.3) is 10.0 Å². The molecule has 0 saturated heterocycles. The monoisotopic (exact) mass is 334 g/mol. The summed E-state index contributed by atoms with van der Waals surface area (Å²) in [6, 6.07) is 9.55. The van der Waals surface area contributed by atoms with Gasteiger partial charge in [-0.15, -0.1) is 0 Å². The van der Waals surface area contributed by atoms with E-state index < -0.39 is 16.1 Å². The van der Waals surface area contributed by atoms with Crippen molar-refractivity contribution >= 4 is 21.7 Å². The number of aryl methyl sites for hydroxylation is 1. The van der Waals surface area contributed by atoms with Gasteiger partial charge >= 0.3 is 6.03 Å². The zero-order chi connectivity index (χ0) is 16.6. The summed E-state index contributed by atoms with van der Waals surface area (Å²) < 4.78 is 39.8. The molecule has 0 aliphatic carbocycles. The smallest absolute Gasteiger partial charge is 0.293 e. The fraction of sp³-hybridized carbons (Fsp3) is 0.188. The third kappa shape index (κ3) is 3.05. The van der Waals surface area contributed by atoms with Crippen LogP contribution in [-0.4, -0.2) is 21.0 Å². The summed E-state index contributed by atoms with van der Waals surface area (Å²) in [5, 5.41) is 0. The zero-order valence-corrected chi connectivity index (χ0v) is 13.2. The second-order valence-electron chi connectivity index (χ2n) is 5.40. The van der Waals surface area contributed by atoms with E-state index in [1.807, 2.05) is 6.92 Å². The third-order valence-electron chi connectivity index (χ3n) is 3.74. The van der Waals surface area contributed by atoms with E-state index >= 15 is 0 Å². The molecule has 1 N–H and O–H groups in total. The van der Waals surface area contributed by atoms with Crippen molar-refractivity contribution in [3.05, 3.63) is 59.4 Å². The minimum Gasteiger partial charge on any atom is -0.293 e. The molecule has 2 aromatic rings. The molecular weight excluding hydrogens is 319 g/mol. The van der Waals surface area contributed by atoms with Gasteiger partial charge in [-0.05, 0) is 49.2 Å². The maximum atomic E-state index is 13.2. The average Bonchev–Trinajstić information content (AvgIpc) is 2.90. The van der Waals surface area contributed by atoms with E-state index in [0.29, 0.717) is 24.2 Å². The molecule has 0 spiro atoms. The van der Waals surface area contributed by atoms with Gasteiger partial charge in [0.1, 0.15) is 5.82 Å². The second kappa shape index (κ2) is 5.66. The summed E-state index contributed by atoms with van der Waals surface area (Å²) >= 11 is 0. The molecule has 0 saturated carbocycles. The van der Waals surface area contributed by atoms with E-state index in [-0.39, 0.29) is 10.7 Å². The van der Waals surface area contributed by atoms with Crippen molar-refractivity contribution in [2.75, 3.05) is 11.4 Å². The third-order valence-corrected chi connectivity index (χ3v) is 5.07. The molecule has 0 bridgehead atoms. The van der Waals surface area contributed by atoms with Crippen LogP contribution in [-0.2, 0) is 16.4 Å². The standard InChI is InChI=1S/C16H15FN2O3S/c1-11-2-5-14(6-3-11)23(21,22)18-16(20)19-9-8-12-10-13(17)4-7-15(12)19/h2-7,10H,8-9H2,1H3,(H,18,20). The molecule has 120 valence electrons. The minimum absolute atomic E-state index is 0.0231. The SMILES string of the molecule is Cc1ccc(S(=O)(=O)NC(=O)N2CCc3cc(F)ccc32)cc1. The number of amides is 2. The Morgan fingerprint density at radius 2 is 1.87 bits per heavy atom. The van der Waals surface area contributed by atoms with E-state index in [1.165, 1.54) is 35.2 Å². The van der Waals surface area contributed by atoms with Crippen LogP contribution in [0.4, 0.5) is 14.9 Å². The predicted octanol–water partition coefficient (Wildman–Crippen LogP) is 2.60. The number of carbonyl (C=O) groups excluding carboxylic acids is 1. The average molecular weight is 334 g/mol. The minimum atomic E-state index is -3.94. The Bertz CT molecular complexity index is 863. The number of rotatable bonds is 2. The molecule has 1 aliphatic heterocycles. The molecule has 0 aromatic heterocycles. The van der Waals surface area contributed by atoms with Crippen molar-refractivity contribution in [2.45, 2.75) is 18.2 Å². The summed E-state index contributed by atoms with van der Waals surface area (Å²) in [5.74, 6) is -0.377. The number of anilines is 1. The molecule has 2 amide bonds. The maximum absolute atomic E-state index is 13.2. The number of nitrogens with one attached hydrogen (secondary N) is 1. The van der Waals surface area contributed by atoms with Crippen molar-refractivity contribution in [1.82, 2.24) is 4.72 Å². The normalized spacial score (nSPS) is 13.7. The van der Waals surface area contributed by atoms with Crippen molar-refractivity contribution in [1.29, 1.82) is 0 Å². The van der Waals surface area contributed by atoms with Crippen LogP contribution in [0.3, 0.4) is 0 Å². The molecule has 7 heteroatoms. The Labute approximate surface area is 133 Å². The molecule has 3 rings (SSSR count). The molecule has 1 aliphatic rings. The molecule has 2 aromatic carbocycles. The number of halogens is 1. The van der Waals surface area contributed by atoms with Gasteiger partial charge in [0, 0.05) is 12.2 Å². The Morgan fingerprint density at radius 3 is 2.57 bits per heavy atom. The van der Waals surface area contributed by atoms with Crippen LogP contribution in [0.1, 0.15) is 11.1 Å². The van der Waals surface area contributed by atoms with Crippen LogP contribution in [0.15, 0.2) is 47.4 Å². The lowest BCUT2D eigenvalue weighted by atomic mass is 10.2. The lowest BCUT2D eigenvalue weighted by Crippen LogP contribution is -2.42. The Kier molecular flexibility index (Phi) is 3.81. The number of hydrogen-bond acceptors (Lipinski definition) is 3. The van der Waals surface area contributed by atoms with Gasteiger partial charge in [-0.2, -0.15) is 0 Å².